The van der Waals surface area contributed by atoms with E-state index in [-0.39, 0.29) is 5.92 Å². The highest BCUT2D eigenvalue weighted by atomic mass is 19.4. The highest BCUT2D eigenvalue weighted by Gasteiger charge is 2.38. The van der Waals surface area contributed by atoms with Crippen LogP contribution in [0.1, 0.15) is 12.8 Å². The lowest BCUT2D eigenvalue weighted by molar-refractivity contribution is -0.0982. The molecule has 0 aromatic heterocycles. The predicted octanol–water partition coefficient (Wildman–Crippen LogP) is 1.86. The van der Waals surface area contributed by atoms with Crippen molar-refractivity contribution in [3.05, 3.63) is 12.2 Å². The summed E-state index contributed by atoms with van der Waals surface area (Å²) in [6, 6.07) is -0.987. The van der Waals surface area contributed by atoms with Crippen LogP contribution in [0.25, 0.3) is 0 Å². The van der Waals surface area contributed by atoms with E-state index in [1.54, 1.807) is 0 Å². The number of nitrogens with two attached hydrogens (primary N) is 1. The second-order valence-electron chi connectivity index (χ2n) is 3.50. The third kappa shape index (κ3) is 2.72. The Labute approximate surface area is 80.9 Å². The molecular formula is C9H14F3NO. The van der Waals surface area contributed by atoms with E-state index in [4.69, 9.17) is 10.5 Å². The molecule has 0 spiro atoms. The van der Waals surface area contributed by atoms with Crippen molar-refractivity contribution in [1.82, 2.24) is 0 Å². The van der Waals surface area contributed by atoms with Crippen LogP contribution in [0.2, 0.25) is 0 Å². The van der Waals surface area contributed by atoms with Gasteiger partial charge in [0, 0.05) is 24.8 Å². The van der Waals surface area contributed by atoms with Gasteiger partial charge in [0.05, 0.1) is 0 Å². The lowest BCUT2D eigenvalue weighted by atomic mass is 9.88. The number of alkyl halides is 3. The molecule has 1 fully saturated rings. The van der Waals surface area contributed by atoms with E-state index < -0.39 is 17.8 Å². The minimum Gasteiger partial charge on any atom is -0.381 e. The van der Waals surface area contributed by atoms with E-state index in [9.17, 15) is 13.2 Å². The van der Waals surface area contributed by atoms with E-state index >= 15 is 0 Å². The van der Waals surface area contributed by atoms with Crippen LogP contribution >= 0.6 is 0 Å². The van der Waals surface area contributed by atoms with Gasteiger partial charge < -0.3 is 10.5 Å². The van der Waals surface area contributed by atoms with Crippen LogP contribution in [-0.2, 0) is 4.74 Å². The maximum absolute atomic E-state index is 12.2. The highest BCUT2D eigenvalue weighted by molar-refractivity contribution is 5.12. The largest absolute Gasteiger partial charge is 0.413 e. The average molecular weight is 209 g/mol. The highest BCUT2D eigenvalue weighted by Crippen LogP contribution is 2.31. The van der Waals surface area contributed by atoms with Gasteiger partial charge in [0.2, 0.25) is 0 Å². The molecule has 0 radical (unpaired) electrons. The molecule has 1 atom stereocenters. The van der Waals surface area contributed by atoms with E-state index in [1.807, 2.05) is 0 Å². The van der Waals surface area contributed by atoms with Gasteiger partial charge in [-0.2, -0.15) is 13.2 Å². The summed E-state index contributed by atoms with van der Waals surface area (Å²) in [5.41, 5.74) is 4.67. The summed E-state index contributed by atoms with van der Waals surface area (Å²) in [4.78, 5) is 0. The second kappa shape index (κ2) is 4.31. The monoisotopic (exact) mass is 209 g/mol. The first-order valence-corrected chi connectivity index (χ1v) is 4.52. The molecule has 1 saturated heterocycles. The molecule has 0 saturated carbocycles. The molecule has 5 heteroatoms. The van der Waals surface area contributed by atoms with Gasteiger partial charge in [-0.25, -0.2) is 0 Å². The van der Waals surface area contributed by atoms with Gasteiger partial charge in [-0.1, -0.05) is 6.58 Å². The molecule has 0 aromatic carbocycles. The van der Waals surface area contributed by atoms with Crippen LogP contribution in [0.5, 0.6) is 0 Å². The Morgan fingerprint density at radius 1 is 1.36 bits per heavy atom. The van der Waals surface area contributed by atoms with E-state index in [0.717, 1.165) is 0 Å². The van der Waals surface area contributed by atoms with Gasteiger partial charge in [0.1, 0.15) is 0 Å². The fraction of sp³-hybridized carbons (Fsp3) is 0.778. The Kier molecular flexibility index (Phi) is 3.55. The predicted molar refractivity (Wildman–Crippen MR) is 46.7 cm³/mol. The van der Waals surface area contributed by atoms with Gasteiger partial charge >= 0.3 is 6.18 Å². The Bertz CT molecular complexity index is 209. The molecule has 1 aliphatic heterocycles. The van der Waals surface area contributed by atoms with Crippen molar-refractivity contribution >= 4 is 0 Å². The Hall–Kier alpha value is -0.550. The SMILES string of the molecule is C=C(C(N)C1CCOCC1)C(F)(F)F. The molecule has 0 aliphatic carbocycles. The number of halogens is 3. The Balaban J connectivity index is 2.55. The third-order valence-corrected chi connectivity index (χ3v) is 2.54. The molecule has 1 heterocycles. The molecule has 82 valence electrons. The van der Waals surface area contributed by atoms with Gasteiger partial charge in [0.15, 0.2) is 0 Å². The summed E-state index contributed by atoms with van der Waals surface area (Å²) in [7, 11) is 0. The zero-order valence-electron chi connectivity index (χ0n) is 7.81. The van der Waals surface area contributed by atoms with Gasteiger partial charge in [0.25, 0.3) is 0 Å². The van der Waals surface area contributed by atoms with Gasteiger partial charge in [-0.3, -0.25) is 0 Å². The van der Waals surface area contributed by atoms with Crippen LogP contribution in [0, 0.1) is 5.92 Å². The fourth-order valence-corrected chi connectivity index (χ4v) is 1.55. The first kappa shape index (κ1) is 11.5. The summed E-state index contributed by atoms with van der Waals surface area (Å²) >= 11 is 0. The summed E-state index contributed by atoms with van der Waals surface area (Å²) < 4.78 is 41.8. The van der Waals surface area contributed by atoms with E-state index in [0.29, 0.717) is 26.1 Å². The molecule has 1 unspecified atom stereocenters. The molecular weight excluding hydrogens is 195 g/mol. The van der Waals surface area contributed by atoms with Crippen molar-refractivity contribution in [2.45, 2.75) is 25.1 Å². The minimum absolute atomic E-state index is 0.155. The average Bonchev–Trinajstić information content (AvgIpc) is 2.15. The molecule has 0 amide bonds. The van der Waals surface area contributed by atoms with Crippen LogP contribution < -0.4 is 5.73 Å². The number of hydrogen-bond donors (Lipinski definition) is 1. The first-order chi connectivity index (χ1) is 6.43. The minimum atomic E-state index is -4.38. The van der Waals surface area contributed by atoms with Crippen molar-refractivity contribution in [3.8, 4) is 0 Å². The molecule has 1 rings (SSSR count). The van der Waals surface area contributed by atoms with Crippen molar-refractivity contribution in [1.29, 1.82) is 0 Å². The Morgan fingerprint density at radius 3 is 2.29 bits per heavy atom. The molecule has 2 nitrogen and oxygen atoms in total. The maximum atomic E-state index is 12.2. The molecule has 14 heavy (non-hydrogen) atoms. The third-order valence-electron chi connectivity index (χ3n) is 2.54. The van der Waals surface area contributed by atoms with Gasteiger partial charge in [-0.05, 0) is 18.8 Å². The molecule has 0 bridgehead atoms. The van der Waals surface area contributed by atoms with Crippen LogP contribution in [0.15, 0.2) is 12.2 Å². The molecule has 0 aromatic rings. The second-order valence-corrected chi connectivity index (χ2v) is 3.50. The summed E-state index contributed by atoms with van der Waals surface area (Å²) in [6.45, 7) is 3.99. The lowest BCUT2D eigenvalue weighted by Gasteiger charge is -2.29. The van der Waals surface area contributed by atoms with Crippen LogP contribution in [0.4, 0.5) is 13.2 Å². The quantitative estimate of drug-likeness (QED) is 0.704. The van der Waals surface area contributed by atoms with Crippen LogP contribution in [-0.4, -0.2) is 25.4 Å². The van der Waals surface area contributed by atoms with Crippen molar-refractivity contribution in [3.63, 3.8) is 0 Å². The van der Waals surface area contributed by atoms with E-state index in [2.05, 4.69) is 6.58 Å². The standard InChI is InChI=1S/C9H14F3NO/c1-6(9(10,11)12)8(13)7-2-4-14-5-3-7/h7-8H,1-5,13H2. The topological polar surface area (TPSA) is 35.2 Å². The Morgan fingerprint density at radius 2 is 1.86 bits per heavy atom. The number of rotatable bonds is 2. The normalized spacial score (nSPS) is 22.0. The number of hydrogen-bond acceptors (Lipinski definition) is 2. The first-order valence-electron chi connectivity index (χ1n) is 4.52. The lowest BCUT2D eigenvalue weighted by Crippen LogP contribution is -2.39. The zero-order valence-corrected chi connectivity index (χ0v) is 7.81. The molecule has 1 aliphatic rings. The summed E-state index contributed by atoms with van der Waals surface area (Å²) in [6.07, 6.45) is -3.22. The maximum Gasteiger partial charge on any atom is 0.413 e. The van der Waals surface area contributed by atoms with Gasteiger partial charge in [-0.15, -0.1) is 0 Å². The zero-order chi connectivity index (χ0) is 10.8. The summed E-state index contributed by atoms with van der Waals surface area (Å²) in [5, 5.41) is 0. The van der Waals surface area contributed by atoms with E-state index in [1.165, 1.54) is 0 Å². The van der Waals surface area contributed by atoms with Crippen LogP contribution in [0.3, 0.4) is 0 Å². The number of ether oxygens (including phenoxy) is 1. The summed E-state index contributed by atoms with van der Waals surface area (Å²) in [5.74, 6) is -0.155. The smallest absolute Gasteiger partial charge is 0.381 e. The fourth-order valence-electron chi connectivity index (χ4n) is 1.55. The van der Waals surface area contributed by atoms with Crippen molar-refractivity contribution < 1.29 is 17.9 Å². The van der Waals surface area contributed by atoms with Crippen molar-refractivity contribution in [2.75, 3.05) is 13.2 Å². The van der Waals surface area contributed by atoms with Crippen molar-refractivity contribution in [2.24, 2.45) is 11.7 Å². The molecule has 2 N–H and O–H groups in total.